The summed E-state index contributed by atoms with van der Waals surface area (Å²) in [5.41, 5.74) is 9.02. The largest absolute Gasteiger partial charge is 2.00 e. The van der Waals surface area contributed by atoms with Crippen LogP contribution in [-0.2, 0) is 33.6 Å². The van der Waals surface area contributed by atoms with Gasteiger partial charge in [-0.2, -0.15) is 0 Å². The van der Waals surface area contributed by atoms with Gasteiger partial charge in [-0.1, -0.05) is 182 Å². The molecule has 0 N–H and O–H groups in total. The zero-order valence-electron chi connectivity index (χ0n) is 42.5. The molecule has 6 aromatic heterocycles. The maximum atomic E-state index is 13.0. The van der Waals surface area contributed by atoms with Gasteiger partial charge in [0, 0.05) is 90.8 Å². The average Bonchev–Trinajstić information content (AvgIpc) is 4.05. The van der Waals surface area contributed by atoms with Gasteiger partial charge in [-0.05, 0) is 57.5 Å². The summed E-state index contributed by atoms with van der Waals surface area (Å²) in [6.45, 7) is 0. The molecule has 16 heteroatoms. The number of imidazole rings is 2. The van der Waals surface area contributed by atoms with E-state index in [0.29, 0.717) is 66.6 Å². The van der Waals surface area contributed by atoms with Gasteiger partial charge in [0.2, 0.25) is 0 Å². The van der Waals surface area contributed by atoms with Crippen LogP contribution >= 0.6 is 0 Å². The Morgan fingerprint density at radius 1 is 0.293 bits per heavy atom. The summed E-state index contributed by atoms with van der Waals surface area (Å²) >= 11 is 0. The molecule has 2 aliphatic carbocycles. The Kier molecular flexibility index (Phi) is 14.7. The van der Waals surface area contributed by atoms with E-state index < -0.39 is 0 Å². The van der Waals surface area contributed by atoms with Crippen molar-refractivity contribution < 1.29 is 62.9 Å². The minimum Gasteiger partial charge on any atom is -0.872 e. The van der Waals surface area contributed by atoms with Crippen LogP contribution in [0.5, 0.6) is 11.5 Å². The molecule has 14 nitrogen and oxygen atoms in total. The molecular formula is C66H36Co2N8O6. The normalized spacial score (nSPS) is 11.9. The van der Waals surface area contributed by atoms with Crippen molar-refractivity contribution in [1.29, 1.82) is 0 Å². The van der Waals surface area contributed by atoms with E-state index in [4.69, 9.17) is 0 Å². The van der Waals surface area contributed by atoms with Gasteiger partial charge in [-0.15, -0.1) is 11.5 Å². The van der Waals surface area contributed by atoms with Crippen LogP contribution in [0, 0.1) is 0 Å². The van der Waals surface area contributed by atoms with Gasteiger partial charge in [-0.3, -0.25) is 39.1 Å². The van der Waals surface area contributed by atoms with Crippen LogP contribution in [-0.4, -0.2) is 53.0 Å². The van der Waals surface area contributed by atoms with Crippen molar-refractivity contribution in [1.82, 2.24) is 39.9 Å². The number of carbonyl (C=O) groups excluding carboxylic acids is 4. The number of pyridine rings is 4. The summed E-state index contributed by atoms with van der Waals surface area (Å²) in [6.07, 6.45) is 7.21. The molecule has 0 fully saturated rings. The number of nitrogens with zero attached hydrogens (tertiary/aromatic N) is 8. The number of hydrogen-bond acceptors (Lipinski definition) is 12. The van der Waals surface area contributed by atoms with Crippen LogP contribution < -0.4 is 20.2 Å². The number of para-hydroxylation sites is 2. The van der Waals surface area contributed by atoms with Crippen molar-refractivity contribution >= 4 is 88.8 Å². The standard InChI is InChI=1S/2C21H12N2O3.2C12H8N2.2Co/c2*24-16-8-4-3-7-13(16)21-22-15-10-9-14-17(18(15)23-21)20(26)12-6-2-1-5-11(12)19(14)25;2*1-3-9-5-6-10-4-2-8-14-12(10)11(9)13-7-1;;/h2*1-10H,(H2,22,23,24,25,26);2*1-8H;;/q;;;;2*+2/p-4. The van der Waals surface area contributed by atoms with E-state index >= 15 is 0 Å². The number of fused-ring (bicyclic) bond motifs is 14. The fourth-order valence-electron chi connectivity index (χ4n) is 10.1. The molecule has 394 valence electrons. The number of hydrogen-bond donors (Lipinski definition) is 0. The van der Waals surface area contributed by atoms with Crippen LogP contribution in [0.15, 0.2) is 219 Å². The fraction of sp³-hybridized carbons (Fsp3) is 0. The zero-order valence-corrected chi connectivity index (χ0v) is 44.6. The van der Waals surface area contributed by atoms with Gasteiger partial charge in [0.1, 0.15) is 0 Å². The van der Waals surface area contributed by atoms with E-state index in [1.807, 2.05) is 24.3 Å². The van der Waals surface area contributed by atoms with Gasteiger partial charge in [0.15, 0.2) is 23.1 Å². The minimum atomic E-state index is -0.248. The smallest absolute Gasteiger partial charge is 0.872 e. The summed E-state index contributed by atoms with van der Waals surface area (Å²) in [4.78, 5) is 86.6. The average molecular weight is 1150 g/mol. The Balaban J connectivity index is 0.000000118. The Morgan fingerprint density at radius 3 is 0.902 bits per heavy atom. The second kappa shape index (κ2) is 22.4. The van der Waals surface area contributed by atoms with Crippen molar-refractivity contribution in [2.75, 3.05) is 0 Å². The van der Waals surface area contributed by atoms with Gasteiger partial charge in [0.25, 0.3) is 0 Å². The molecule has 82 heavy (non-hydrogen) atoms. The molecule has 0 saturated heterocycles. The number of aromatic nitrogens is 8. The Hall–Kier alpha value is -10.4. The SMILES string of the molecule is O=C1c2ccccc2C(=O)c2c1ccc1nc(-c3ccccc3[O-])[n-]c21.O=C1c2ccccc2C(=O)c2c1ccc1nc(-c3ccccc3[O-])[n-]c21.[Co+2].[Co+2].c1cnc2c(c1)ccc1cccnc12.c1cnc2c(c1)ccc1cccnc12. The van der Waals surface area contributed by atoms with E-state index in [9.17, 15) is 29.4 Å². The van der Waals surface area contributed by atoms with Crippen molar-refractivity contribution in [3.63, 3.8) is 0 Å². The Morgan fingerprint density at radius 2 is 0.585 bits per heavy atom. The molecule has 0 bridgehead atoms. The van der Waals surface area contributed by atoms with Crippen LogP contribution in [0.4, 0.5) is 0 Å². The third-order valence-corrected chi connectivity index (χ3v) is 13.9. The van der Waals surface area contributed by atoms with Crippen molar-refractivity contribution in [3.8, 4) is 34.3 Å². The Bertz CT molecular complexity index is 4470. The predicted octanol–water partition coefficient (Wildman–Crippen LogP) is 11.0. The molecule has 8 aromatic carbocycles. The third-order valence-electron chi connectivity index (χ3n) is 13.9. The van der Waals surface area contributed by atoms with Crippen molar-refractivity contribution in [2.45, 2.75) is 0 Å². The fourth-order valence-corrected chi connectivity index (χ4v) is 10.1. The van der Waals surface area contributed by atoms with Crippen LogP contribution in [0.2, 0.25) is 0 Å². The summed E-state index contributed by atoms with van der Waals surface area (Å²) in [5, 5.41) is 28.7. The van der Waals surface area contributed by atoms with Crippen LogP contribution in [0.3, 0.4) is 0 Å². The van der Waals surface area contributed by atoms with Crippen molar-refractivity contribution in [3.05, 3.63) is 263 Å². The summed E-state index contributed by atoms with van der Waals surface area (Å²) in [6, 6.07) is 57.3. The summed E-state index contributed by atoms with van der Waals surface area (Å²) in [5.74, 6) is -0.757. The van der Waals surface area contributed by atoms with Gasteiger partial charge < -0.3 is 30.1 Å². The maximum absolute atomic E-state index is 13.0. The molecule has 0 saturated carbocycles. The predicted molar refractivity (Wildman–Crippen MR) is 301 cm³/mol. The first-order chi connectivity index (χ1) is 39.2. The molecule has 16 rings (SSSR count). The third kappa shape index (κ3) is 9.52. The second-order valence-electron chi connectivity index (χ2n) is 18.6. The van der Waals surface area contributed by atoms with E-state index in [0.717, 1.165) is 43.6 Å². The molecular weight excluding hydrogens is 1120 g/mol. The zero-order chi connectivity index (χ0) is 54.4. The van der Waals surface area contributed by atoms with E-state index in [1.165, 1.54) is 12.1 Å². The van der Waals surface area contributed by atoms with Crippen LogP contribution in [0.25, 0.3) is 88.5 Å². The molecule has 6 heterocycles. The van der Waals surface area contributed by atoms with E-state index in [-0.39, 0.29) is 91.0 Å². The number of carbonyl (C=O) groups is 4. The molecule has 0 aliphatic heterocycles. The monoisotopic (exact) mass is 1150 g/mol. The number of benzene rings is 8. The molecule has 2 aliphatic rings. The molecule has 0 amide bonds. The first kappa shape index (κ1) is 53.6. The quantitative estimate of drug-likeness (QED) is 0.147. The molecule has 0 unspecified atom stereocenters. The topological polar surface area (TPSA) is 220 Å². The Labute approximate surface area is 486 Å². The minimum absolute atomic E-state index is 0. The maximum Gasteiger partial charge on any atom is 2.00 e. The van der Waals surface area contributed by atoms with Gasteiger partial charge in [0.05, 0.1) is 22.1 Å². The van der Waals surface area contributed by atoms with E-state index in [2.05, 4.69) is 88.4 Å². The number of ketones is 4. The first-order valence-corrected chi connectivity index (χ1v) is 25.2. The summed E-state index contributed by atoms with van der Waals surface area (Å²) in [7, 11) is 0. The molecule has 0 atom stereocenters. The second-order valence-corrected chi connectivity index (χ2v) is 18.6. The molecule has 2 radical (unpaired) electrons. The van der Waals surface area contributed by atoms with E-state index in [1.54, 1.807) is 134 Å². The van der Waals surface area contributed by atoms with Crippen molar-refractivity contribution in [2.24, 2.45) is 0 Å². The molecule has 14 aromatic rings. The number of rotatable bonds is 2. The van der Waals surface area contributed by atoms with Gasteiger partial charge >= 0.3 is 33.6 Å². The first-order valence-electron chi connectivity index (χ1n) is 25.2. The summed E-state index contributed by atoms with van der Waals surface area (Å²) < 4.78 is 0. The molecule has 0 spiro atoms. The van der Waals surface area contributed by atoms with Gasteiger partial charge in [-0.25, -0.2) is 0 Å². The van der Waals surface area contributed by atoms with Crippen LogP contribution in [0.1, 0.15) is 63.7 Å².